The lowest BCUT2D eigenvalue weighted by Crippen LogP contribution is -2.44. The zero-order valence-corrected chi connectivity index (χ0v) is 36.4. The molecule has 2 saturated heterocycles. The standard InChI is InChI=1S/C53H49N5O7/c1-35(65-53(39-21-13-7-14-22-39,40-23-15-8-16-24-40)41-27-31-43(60-3)32-28-41)45-46-47(64-51(61-4)63-46)50(62-45)58-34-56-44-48(54-33-55-49(44)58)57-52(36-17-9-5-10-18-36,37-19-11-6-12-20-37)38-25-29-42(59-2)30-26-38/h5-35,45-47,50-51H,1-4H3,(H,54,55,57)/t35-,45+,46+,47+,50+,51?/m0/s1. The highest BCUT2D eigenvalue weighted by Crippen LogP contribution is 2.48. The Morgan fingerprint density at radius 3 is 1.55 bits per heavy atom. The van der Waals surface area contributed by atoms with Gasteiger partial charge in [0.05, 0.1) is 26.7 Å². The average Bonchev–Trinajstić information content (AvgIpc) is 4.11. The average molecular weight is 868 g/mol. The molecule has 2 aliphatic heterocycles. The van der Waals surface area contributed by atoms with Crippen LogP contribution in [0, 0.1) is 0 Å². The van der Waals surface area contributed by atoms with Crippen molar-refractivity contribution in [2.75, 3.05) is 26.6 Å². The van der Waals surface area contributed by atoms with Crippen molar-refractivity contribution in [2.45, 2.75) is 55.2 Å². The predicted octanol–water partition coefficient (Wildman–Crippen LogP) is 9.26. The molecule has 12 nitrogen and oxygen atoms in total. The summed E-state index contributed by atoms with van der Waals surface area (Å²) >= 11 is 0. The fraction of sp³-hybridized carbons (Fsp3) is 0.226. The normalized spacial score (nSPS) is 20.0. The number of nitrogens with one attached hydrogen (secondary N) is 1. The molecule has 2 aromatic heterocycles. The minimum absolute atomic E-state index is 0.522. The van der Waals surface area contributed by atoms with Crippen LogP contribution >= 0.6 is 0 Å². The summed E-state index contributed by atoms with van der Waals surface area (Å²) in [4.78, 5) is 14.6. The number of aromatic nitrogens is 4. The van der Waals surface area contributed by atoms with Crippen molar-refractivity contribution in [1.82, 2.24) is 19.5 Å². The minimum Gasteiger partial charge on any atom is -0.497 e. The zero-order valence-electron chi connectivity index (χ0n) is 36.4. The number of hydrogen-bond acceptors (Lipinski definition) is 11. The molecule has 1 unspecified atom stereocenters. The van der Waals surface area contributed by atoms with Crippen molar-refractivity contribution < 1.29 is 33.2 Å². The maximum absolute atomic E-state index is 7.49. The van der Waals surface area contributed by atoms with Gasteiger partial charge in [0, 0.05) is 7.11 Å². The topological polar surface area (TPSA) is 120 Å². The monoisotopic (exact) mass is 867 g/mol. The summed E-state index contributed by atoms with van der Waals surface area (Å²) < 4.78 is 46.2. The lowest BCUT2D eigenvalue weighted by atomic mass is 9.77. The Morgan fingerprint density at radius 2 is 1.03 bits per heavy atom. The number of nitrogens with zero attached hydrogens (tertiary/aromatic N) is 4. The van der Waals surface area contributed by atoms with Crippen molar-refractivity contribution >= 4 is 17.0 Å². The number of rotatable bonds is 15. The van der Waals surface area contributed by atoms with Crippen LogP contribution in [0.2, 0.25) is 0 Å². The molecule has 6 atom stereocenters. The molecule has 12 heteroatoms. The molecule has 2 fully saturated rings. The Labute approximate surface area is 377 Å². The quantitative estimate of drug-likeness (QED) is 0.0994. The van der Waals surface area contributed by atoms with Crippen molar-refractivity contribution in [3.63, 3.8) is 0 Å². The molecule has 65 heavy (non-hydrogen) atoms. The molecule has 6 aromatic carbocycles. The van der Waals surface area contributed by atoms with Gasteiger partial charge < -0.3 is 38.5 Å². The summed E-state index contributed by atoms with van der Waals surface area (Å²) in [5, 5.41) is 3.88. The Kier molecular flexibility index (Phi) is 11.6. The van der Waals surface area contributed by atoms with Gasteiger partial charge in [0.1, 0.15) is 47.3 Å². The van der Waals surface area contributed by atoms with E-state index in [1.54, 1.807) is 34.0 Å². The molecule has 0 radical (unpaired) electrons. The smallest absolute Gasteiger partial charge is 0.272 e. The molecular weight excluding hydrogens is 819 g/mol. The summed E-state index contributed by atoms with van der Waals surface area (Å²) in [6.07, 6.45) is 0.122. The fourth-order valence-electron chi connectivity index (χ4n) is 9.43. The van der Waals surface area contributed by atoms with E-state index in [9.17, 15) is 0 Å². The van der Waals surface area contributed by atoms with E-state index in [0.29, 0.717) is 17.0 Å². The van der Waals surface area contributed by atoms with E-state index < -0.39 is 48.3 Å². The van der Waals surface area contributed by atoms with Gasteiger partial charge in [-0.05, 0) is 64.6 Å². The number of anilines is 1. The van der Waals surface area contributed by atoms with E-state index in [4.69, 9.17) is 48.1 Å². The van der Waals surface area contributed by atoms with Crippen LogP contribution in [0.4, 0.5) is 5.82 Å². The number of imidazole rings is 1. The lowest BCUT2D eigenvalue weighted by molar-refractivity contribution is -0.263. The van der Waals surface area contributed by atoms with Gasteiger partial charge in [-0.15, -0.1) is 0 Å². The summed E-state index contributed by atoms with van der Waals surface area (Å²) in [6.45, 7) is 1.09. The molecule has 8 aromatic rings. The van der Waals surface area contributed by atoms with E-state index in [1.165, 1.54) is 0 Å². The highest BCUT2D eigenvalue weighted by atomic mass is 16.9. The van der Waals surface area contributed by atoms with Gasteiger partial charge in [-0.25, -0.2) is 15.0 Å². The van der Waals surface area contributed by atoms with E-state index in [-0.39, 0.29) is 0 Å². The van der Waals surface area contributed by atoms with Gasteiger partial charge in [0.25, 0.3) is 6.48 Å². The zero-order chi connectivity index (χ0) is 44.4. The third kappa shape index (κ3) is 7.48. The molecule has 2 aliphatic rings. The van der Waals surface area contributed by atoms with Crippen LogP contribution in [-0.2, 0) is 34.8 Å². The maximum Gasteiger partial charge on any atom is 0.272 e. The first-order chi connectivity index (χ1) is 32.0. The predicted molar refractivity (Wildman–Crippen MR) is 245 cm³/mol. The van der Waals surface area contributed by atoms with Gasteiger partial charge in [-0.2, -0.15) is 0 Å². The molecule has 0 saturated carbocycles. The highest BCUT2D eigenvalue weighted by Gasteiger charge is 2.57. The van der Waals surface area contributed by atoms with Crippen molar-refractivity contribution in [2.24, 2.45) is 0 Å². The first-order valence-electron chi connectivity index (χ1n) is 21.6. The molecule has 0 spiro atoms. The van der Waals surface area contributed by atoms with Crippen LogP contribution in [0.25, 0.3) is 11.2 Å². The van der Waals surface area contributed by atoms with Crippen molar-refractivity contribution in [3.05, 3.63) is 216 Å². The third-order valence-electron chi connectivity index (χ3n) is 12.5. The fourth-order valence-corrected chi connectivity index (χ4v) is 9.43. The highest BCUT2D eigenvalue weighted by molar-refractivity contribution is 5.84. The first-order valence-corrected chi connectivity index (χ1v) is 21.6. The molecule has 0 aliphatic carbocycles. The Hall–Kier alpha value is -6.93. The van der Waals surface area contributed by atoms with Crippen molar-refractivity contribution in [1.29, 1.82) is 0 Å². The first kappa shape index (κ1) is 42.0. The largest absolute Gasteiger partial charge is 0.497 e. The second kappa shape index (κ2) is 17.9. The van der Waals surface area contributed by atoms with Crippen LogP contribution in [0.15, 0.2) is 183 Å². The molecule has 10 rings (SSSR count). The van der Waals surface area contributed by atoms with Gasteiger partial charge in [-0.3, -0.25) is 4.57 Å². The molecular formula is C53H49N5O7. The third-order valence-corrected chi connectivity index (χ3v) is 12.5. The second-order valence-electron chi connectivity index (χ2n) is 16.1. The Bertz CT molecular complexity index is 2740. The van der Waals surface area contributed by atoms with Crippen LogP contribution in [0.3, 0.4) is 0 Å². The van der Waals surface area contributed by atoms with Crippen LogP contribution in [0.5, 0.6) is 11.5 Å². The van der Waals surface area contributed by atoms with E-state index in [2.05, 4.69) is 66.0 Å². The molecule has 1 N–H and O–H groups in total. The molecule has 4 heterocycles. The molecule has 328 valence electrons. The van der Waals surface area contributed by atoms with Gasteiger partial charge in [-0.1, -0.05) is 146 Å². The lowest BCUT2D eigenvalue weighted by Gasteiger charge is -2.40. The van der Waals surface area contributed by atoms with Crippen LogP contribution < -0.4 is 14.8 Å². The number of hydrogen-bond donors (Lipinski definition) is 1. The molecule has 0 bridgehead atoms. The van der Waals surface area contributed by atoms with E-state index in [1.807, 2.05) is 121 Å². The van der Waals surface area contributed by atoms with Crippen LogP contribution in [-0.4, -0.2) is 71.7 Å². The minimum atomic E-state index is -1.06. The number of ether oxygens (including phenoxy) is 7. The number of benzene rings is 6. The van der Waals surface area contributed by atoms with Crippen LogP contribution in [0.1, 0.15) is 46.5 Å². The molecule has 0 amide bonds. The second-order valence-corrected chi connectivity index (χ2v) is 16.1. The summed E-state index contributed by atoms with van der Waals surface area (Å²) in [5.41, 5.74) is 4.89. The Balaban J connectivity index is 1.05. The van der Waals surface area contributed by atoms with Gasteiger partial charge in [0.15, 0.2) is 23.2 Å². The van der Waals surface area contributed by atoms with Gasteiger partial charge in [0.2, 0.25) is 0 Å². The summed E-state index contributed by atoms with van der Waals surface area (Å²) in [5.74, 6) is 2.01. The Morgan fingerprint density at radius 1 is 0.554 bits per heavy atom. The maximum atomic E-state index is 7.49. The van der Waals surface area contributed by atoms with Crippen molar-refractivity contribution in [3.8, 4) is 11.5 Å². The van der Waals surface area contributed by atoms with Gasteiger partial charge >= 0.3 is 0 Å². The van der Waals surface area contributed by atoms with E-state index >= 15 is 0 Å². The number of methoxy groups -OCH3 is 3. The SMILES string of the molecule is COc1ccc(C(Nc2ncnc3c2ncn3[C@@H]2O[C@H]([C@H](C)OC(c3ccccc3)(c3ccccc3)c3ccc(OC)cc3)[C@H]3OC(OC)O[C@H]32)(c2ccccc2)c2ccccc2)cc1. The number of fused-ring (bicyclic) bond motifs is 2. The van der Waals surface area contributed by atoms with E-state index in [0.717, 1.165) is 44.9 Å². The summed E-state index contributed by atoms with van der Waals surface area (Å²) in [6, 6.07) is 57.1. The summed E-state index contributed by atoms with van der Waals surface area (Å²) in [7, 11) is 4.88.